The van der Waals surface area contributed by atoms with E-state index >= 15 is 0 Å². The summed E-state index contributed by atoms with van der Waals surface area (Å²) < 4.78 is 0. The van der Waals surface area contributed by atoms with Crippen LogP contribution in [0.2, 0.25) is 10.0 Å². The maximum Gasteiger partial charge on any atom is 0.158 e. The predicted octanol–water partition coefficient (Wildman–Crippen LogP) is 5.16. The molecular weight excluding hydrogens is 319 g/mol. The number of halogens is 2. The van der Waals surface area contributed by atoms with E-state index in [4.69, 9.17) is 23.2 Å². The molecule has 0 amide bonds. The van der Waals surface area contributed by atoms with Gasteiger partial charge in [-0.15, -0.1) is 0 Å². The standard InChI is InChI=1S/C16H10Cl2N4/c17-9-1-4-11(5-2-9)21-16-15-14(19-8-20-16)12-7-10(18)3-6-13(12)22-15/h1-8,22H,(H,19,20,21). The van der Waals surface area contributed by atoms with Gasteiger partial charge in [0.15, 0.2) is 5.82 Å². The van der Waals surface area contributed by atoms with Crippen LogP contribution in [0.25, 0.3) is 21.9 Å². The second kappa shape index (κ2) is 5.16. The molecule has 2 aromatic carbocycles. The van der Waals surface area contributed by atoms with Gasteiger partial charge in [-0.2, -0.15) is 0 Å². The SMILES string of the molecule is Clc1ccc(Nc2ncnc3c2[nH]c2ccc(Cl)cc23)cc1. The third kappa shape index (κ3) is 2.26. The van der Waals surface area contributed by atoms with E-state index < -0.39 is 0 Å². The van der Waals surface area contributed by atoms with Crippen molar-refractivity contribution in [2.75, 3.05) is 5.32 Å². The lowest BCUT2D eigenvalue weighted by molar-refractivity contribution is 1.22. The molecule has 0 aliphatic rings. The van der Waals surface area contributed by atoms with Crippen LogP contribution >= 0.6 is 23.2 Å². The maximum absolute atomic E-state index is 6.07. The zero-order valence-corrected chi connectivity index (χ0v) is 12.8. The molecule has 0 unspecified atom stereocenters. The molecule has 2 heterocycles. The summed E-state index contributed by atoms with van der Waals surface area (Å²) in [5.74, 6) is 0.708. The third-order valence-corrected chi connectivity index (χ3v) is 3.94. The monoisotopic (exact) mass is 328 g/mol. The van der Waals surface area contributed by atoms with E-state index in [1.165, 1.54) is 6.33 Å². The quantitative estimate of drug-likeness (QED) is 0.534. The van der Waals surface area contributed by atoms with Gasteiger partial charge in [0.2, 0.25) is 0 Å². The fourth-order valence-electron chi connectivity index (χ4n) is 2.43. The molecule has 0 saturated carbocycles. The lowest BCUT2D eigenvalue weighted by Crippen LogP contribution is -1.95. The number of hydrogen-bond acceptors (Lipinski definition) is 3. The second-order valence-electron chi connectivity index (χ2n) is 4.89. The topological polar surface area (TPSA) is 53.6 Å². The van der Waals surface area contributed by atoms with Crippen molar-refractivity contribution in [3.8, 4) is 0 Å². The van der Waals surface area contributed by atoms with Crippen molar-refractivity contribution in [1.29, 1.82) is 0 Å². The summed E-state index contributed by atoms with van der Waals surface area (Å²) in [6.07, 6.45) is 1.54. The van der Waals surface area contributed by atoms with E-state index in [0.717, 1.165) is 27.6 Å². The fourth-order valence-corrected chi connectivity index (χ4v) is 2.73. The number of aromatic nitrogens is 3. The van der Waals surface area contributed by atoms with Crippen LogP contribution < -0.4 is 5.32 Å². The molecule has 2 N–H and O–H groups in total. The Morgan fingerprint density at radius 3 is 2.50 bits per heavy atom. The van der Waals surface area contributed by atoms with Crippen molar-refractivity contribution >= 4 is 56.6 Å². The molecule has 0 saturated heterocycles. The molecule has 22 heavy (non-hydrogen) atoms. The number of nitrogens with one attached hydrogen (secondary N) is 2. The summed E-state index contributed by atoms with van der Waals surface area (Å²) in [5.41, 5.74) is 3.55. The van der Waals surface area contributed by atoms with Crippen molar-refractivity contribution in [2.24, 2.45) is 0 Å². The third-order valence-electron chi connectivity index (χ3n) is 3.45. The summed E-state index contributed by atoms with van der Waals surface area (Å²) in [6.45, 7) is 0. The van der Waals surface area contributed by atoms with Crippen LogP contribution in [0.5, 0.6) is 0 Å². The van der Waals surface area contributed by atoms with Crippen LogP contribution in [0.4, 0.5) is 11.5 Å². The first-order valence-electron chi connectivity index (χ1n) is 6.65. The number of fused-ring (bicyclic) bond motifs is 3. The van der Waals surface area contributed by atoms with Crippen LogP contribution in [-0.2, 0) is 0 Å². The number of rotatable bonds is 2. The fraction of sp³-hybridized carbons (Fsp3) is 0. The maximum atomic E-state index is 6.07. The van der Waals surface area contributed by atoms with Crippen molar-refractivity contribution in [1.82, 2.24) is 15.0 Å². The first kappa shape index (κ1) is 13.4. The highest BCUT2D eigenvalue weighted by molar-refractivity contribution is 6.32. The Bertz CT molecular complexity index is 977. The zero-order valence-electron chi connectivity index (χ0n) is 11.3. The number of benzene rings is 2. The van der Waals surface area contributed by atoms with Gasteiger partial charge in [0, 0.05) is 26.6 Å². The van der Waals surface area contributed by atoms with Gasteiger partial charge in [-0.25, -0.2) is 9.97 Å². The summed E-state index contributed by atoms with van der Waals surface area (Å²) in [4.78, 5) is 12.0. The lowest BCUT2D eigenvalue weighted by atomic mass is 10.2. The highest BCUT2D eigenvalue weighted by atomic mass is 35.5. The van der Waals surface area contributed by atoms with Gasteiger partial charge < -0.3 is 10.3 Å². The van der Waals surface area contributed by atoms with Gasteiger partial charge in [0.1, 0.15) is 17.4 Å². The second-order valence-corrected chi connectivity index (χ2v) is 5.77. The van der Waals surface area contributed by atoms with Crippen molar-refractivity contribution < 1.29 is 0 Å². The zero-order chi connectivity index (χ0) is 15.1. The molecule has 2 aromatic heterocycles. The van der Waals surface area contributed by atoms with Crippen LogP contribution in [-0.4, -0.2) is 15.0 Å². The highest BCUT2D eigenvalue weighted by Crippen LogP contribution is 2.30. The Balaban J connectivity index is 1.87. The normalized spacial score (nSPS) is 11.2. The summed E-state index contributed by atoms with van der Waals surface area (Å²) in [5, 5.41) is 5.62. The van der Waals surface area contributed by atoms with E-state index in [1.54, 1.807) is 0 Å². The van der Waals surface area contributed by atoms with Crippen molar-refractivity contribution in [3.63, 3.8) is 0 Å². The van der Waals surface area contributed by atoms with Gasteiger partial charge in [0.05, 0.1) is 0 Å². The molecule has 0 radical (unpaired) electrons. The summed E-state index contributed by atoms with van der Waals surface area (Å²) in [7, 11) is 0. The number of hydrogen-bond donors (Lipinski definition) is 2. The van der Waals surface area contributed by atoms with Gasteiger partial charge in [-0.05, 0) is 42.5 Å². The smallest absolute Gasteiger partial charge is 0.158 e. The predicted molar refractivity (Wildman–Crippen MR) is 91.1 cm³/mol. The minimum atomic E-state index is 0.680. The number of aromatic amines is 1. The summed E-state index contributed by atoms with van der Waals surface area (Å²) in [6, 6.07) is 13.1. The minimum Gasteiger partial charge on any atom is -0.350 e. The minimum absolute atomic E-state index is 0.680. The Kier molecular flexibility index (Phi) is 3.13. The van der Waals surface area contributed by atoms with Gasteiger partial charge in [0.25, 0.3) is 0 Å². The molecule has 0 aliphatic heterocycles. The van der Waals surface area contributed by atoms with Crippen molar-refractivity contribution in [3.05, 3.63) is 58.8 Å². The number of nitrogens with zero attached hydrogens (tertiary/aromatic N) is 2. The highest BCUT2D eigenvalue weighted by Gasteiger charge is 2.11. The average Bonchev–Trinajstić information content (AvgIpc) is 2.89. The number of anilines is 2. The first-order valence-corrected chi connectivity index (χ1v) is 7.41. The van der Waals surface area contributed by atoms with Crippen LogP contribution in [0.15, 0.2) is 48.8 Å². The molecule has 6 heteroatoms. The molecule has 0 aliphatic carbocycles. The number of H-pyrrole nitrogens is 1. The van der Waals surface area contributed by atoms with E-state index in [1.807, 2.05) is 42.5 Å². The van der Waals surface area contributed by atoms with Crippen LogP contribution in [0.1, 0.15) is 0 Å². The molecular formula is C16H10Cl2N4. The Labute approximate surface area is 136 Å². The molecule has 0 fully saturated rings. The van der Waals surface area contributed by atoms with E-state index in [2.05, 4.69) is 20.3 Å². The largest absolute Gasteiger partial charge is 0.350 e. The molecule has 0 spiro atoms. The van der Waals surface area contributed by atoms with Gasteiger partial charge >= 0.3 is 0 Å². The van der Waals surface area contributed by atoms with Crippen LogP contribution in [0.3, 0.4) is 0 Å². The molecule has 108 valence electrons. The molecule has 0 atom stereocenters. The Morgan fingerprint density at radius 1 is 0.909 bits per heavy atom. The van der Waals surface area contributed by atoms with Gasteiger partial charge in [-0.1, -0.05) is 23.2 Å². The molecule has 0 bridgehead atoms. The van der Waals surface area contributed by atoms with Crippen molar-refractivity contribution in [2.45, 2.75) is 0 Å². The first-order chi connectivity index (χ1) is 10.7. The Hall–Kier alpha value is -2.30. The summed E-state index contributed by atoms with van der Waals surface area (Å²) >= 11 is 12.0. The molecule has 4 rings (SSSR count). The molecule has 4 aromatic rings. The van der Waals surface area contributed by atoms with Crippen LogP contribution in [0, 0.1) is 0 Å². The van der Waals surface area contributed by atoms with Gasteiger partial charge in [-0.3, -0.25) is 0 Å². The average molecular weight is 329 g/mol. The van der Waals surface area contributed by atoms with E-state index in [0.29, 0.717) is 15.9 Å². The Morgan fingerprint density at radius 2 is 1.68 bits per heavy atom. The lowest BCUT2D eigenvalue weighted by Gasteiger charge is -2.06. The molecule has 4 nitrogen and oxygen atoms in total. The van der Waals surface area contributed by atoms with E-state index in [9.17, 15) is 0 Å². The van der Waals surface area contributed by atoms with E-state index in [-0.39, 0.29) is 0 Å².